The summed E-state index contributed by atoms with van der Waals surface area (Å²) in [6, 6.07) is 6.45. The van der Waals surface area contributed by atoms with Crippen LogP contribution in [0.1, 0.15) is 42.3 Å². The van der Waals surface area contributed by atoms with Crippen molar-refractivity contribution in [2.75, 3.05) is 0 Å². The van der Waals surface area contributed by atoms with Crippen LogP contribution >= 0.6 is 0 Å². The molecule has 0 aliphatic heterocycles. The van der Waals surface area contributed by atoms with Crippen molar-refractivity contribution in [3.8, 4) is 0 Å². The molecule has 0 aliphatic carbocycles. The molecular weight excluding hydrogens is 350 g/mol. The lowest BCUT2D eigenvalue weighted by Crippen LogP contribution is -2.35. The maximum Gasteiger partial charge on any atom is 0.419 e. The van der Waals surface area contributed by atoms with E-state index in [1.54, 1.807) is 12.1 Å². The van der Waals surface area contributed by atoms with Crippen LogP contribution in [0.3, 0.4) is 0 Å². The molecule has 0 spiro atoms. The van der Waals surface area contributed by atoms with Crippen LogP contribution < -0.4 is 11.1 Å². The molecule has 0 fully saturated rings. The topological polar surface area (TPSA) is 68.0 Å². The highest BCUT2D eigenvalue weighted by molar-refractivity contribution is 5.92. The zero-order valence-corrected chi connectivity index (χ0v) is 14.7. The van der Waals surface area contributed by atoms with E-state index in [1.807, 2.05) is 20.8 Å². The summed E-state index contributed by atoms with van der Waals surface area (Å²) in [5.74, 6) is -1.62. The van der Waals surface area contributed by atoms with E-state index in [4.69, 9.17) is 5.73 Å². The van der Waals surface area contributed by atoms with Crippen molar-refractivity contribution in [3.63, 3.8) is 0 Å². The standard InChI is InChI=1S/C12H15F4N.C6H6N2O/c1-11(2,3)17-7-8-5-4-6-9(10(8)13)12(14,15)16;7-6(9)5-1-3-8-4-2-5/h4-6,17H,7H2,1-3H3;1-4H,(H2,7,9). The van der Waals surface area contributed by atoms with Gasteiger partial charge >= 0.3 is 6.18 Å². The van der Waals surface area contributed by atoms with Crippen LogP contribution in [-0.2, 0) is 12.7 Å². The molecule has 0 bridgehead atoms. The van der Waals surface area contributed by atoms with Crippen LogP contribution in [0, 0.1) is 5.82 Å². The van der Waals surface area contributed by atoms with E-state index in [0.717, 1.165) is 6.07 Å². The van der Waals surface area contributed by atoms with Gasteiger partial charge in [0.05, 0.1) is 5.56 Å². The molecule has 0 aliphatic rings. The minimum atomic E-state index is -4.65. The fraction of sp³-hybridized carbons (Fsp3) is 0.333. The number of aromatic nitrogens is 1. The zero-order chi connectivity index (χ0) is 20.0. The molecule has 1 aromatic heterocycles. The molecule has 0 saturated heterocycles. The van der Waals surface area contributed by atoms with Crippen molar-refractivity contribution in [1.29, 1.82) is 0 Å². The Morgan fingerprint density at radius 3 is 2.12 bits per heavy atom. The Labute approximate surface area is 149 Å². The fourth-order valence-corrected chi connectivity index (χ4v) is 1.81. The molecule has 0 saturated carbocycles. The Kier molecular flexibility index (Phi) is 7.26. The van der Waals surface area contributed by atoms with Gasteiger partial charge in [0.2, 0.25) is 5.91 Å². The Hall–Kier alpha value is -2.48. The minimum Gasteiger partial charge on any atom is -0.366 e. The molecule has 142 valence electrons. The Morgan fingerprint density at radius 1 is 1.12 bits per heavy atom. The summed E-state index contributed by atoms with van der Waals surface area (Å²) in [7, 11) is 0. The number of halogens is 4. The molecule has 0 atom stereocenters. The van der Waals surface area contributed by atoms with E-state index in [0.29, 0.717) is 5.56 Å². The molecule has 1 aromatic carbocycles. The number of carbonyl (C=O) groups is 1. The summed E-state index contributed by atoms with van der Waals surface area (Å²) >= 11 is 0. The zero-order valence-electron chi connectivity index (χ0n) is 14.7. The highest BCUT2D eigenvalue weighted by atomic mass is 19.4. The average molecular weight is 371 g/mol. The molecule has 8 heteroatoms. The lowest BCUT2D eigenvalue weighted by Gasteiger charge is -2.21. The highest BCUT2D eigenvalue weighted by Crippen LogP contribution is 2.32. The molecule has 2 rings (SSSR count). The lowest BCUT2D eigenvalue weighted by atomic mass is 10.1. The van der Waals surface area contributed by atoms with Gasteiger partial charge in [-0.05, 0) is 39.0 Å². The molecule has 0 radical (unpaired) electrons. The van der Waals surface area contributed by atoms with E-state index in [2.05, 4.69) is 10.3 Å². The number of pyridine rings is 1. The predicted octanol–water partition coefficient (Wildman–Crippen LogP) is 3.91. The quantitative estimate of drug-likeness (QED) is 0.804. The first-order chi connectivity index (χ1) is 11.9. The number of hydrogen-bond donors (Lipinski definition) is 2. The average Bonchev–Trinajstić information content (AvgIpc) is 2.53. The maximum absolute atomic E-state index is 13.6. The summed E-state index contributed by atoms with van der Waals surface area (Å²) in [6.45, 7) is 5.65. The number of nitrogens with two attached hydrogens (primary N) is 1. The number of amides is 1. The van der Waals surface area contributed by atoms with Crippen molar-refractivity contribution in [1.82, 2.24) is 10.3 Å². The summed E-state index contributed by atoms with van der Waals surface area (Å²) in [5, 5.41) is 2.95. The first-order valence-electron chi connectivity index (χ1n) is 7.71. The van der Waals surface area contributed by atoms with Crippen LogP contribution in [0.25, 0.3) is 0 Å². The van der Waals surface area contributed by atoms with Gasteiger partial charge in [0.1, 0.15) is 5.82 Å². The van der Waals surface area contributed by atoms with Gasteiger partial charge in [-0.15, -0.1) is 0 Å². The number of rotatable bonds is 3. The first-order valence-corrected chi connectivity index (χ1v) is 7.71. The number of benzene rings is 1. The van der Waals surface area contributed by atoms with E-state index in [1.165, 1.54) is 24.5 Å². The summed E-state index contributed by atoms with van der Waals surface area (Å²) in [6.07, 6.45) is -1.60. The number of alkyl halides is 3. The molecular formula is C18H21F4N3O. The minimum absolute atomic E-state index is 0.0229. The molecule has 26 heavy (non-hydrogen) atoms. The molecule has 1 amide bonds. The molecule has 1 heterocycles. The molecule has 2 aromatic rings. The maximum atomic E-state index is 13.6. The summed E-state index contributed by atoms with van der Waals surface area (Å²) in [4.78, 5) is 14.1. The monoisotopic (exact) mass is 371 g/mol. The number of nitrogens with zero attached hydrogens (tertiary/aromatic N) is 1. The van der Waals surface area contributed by atoms with Crippen LogP contribution in [0.2, 0.25) is 0 Å². The number of nitrogens with one attached hydrogen (secondary N) is 1. The second-order valence-electron chi connectivity index (χ2n) is 6.48. The molecule has 3 N–H and O–H groups in total. The molecule has 4 nitrogen and oxygen atoms in total. The summed E-state index contributed by atoms with van der Waals surface area (Å²) in [5.41, 5.74) is 3.97. The second-order valence-corrected chi connectivity index (χ2v) is 6.48. The Bertz CT molecular complexity index is 725. The van der Waals surface area contributed by atoms with Crippen molar-refractivity contribution >= 4 is 5.91 Å². The molecule has 0 unspecified atom stereocenters. The van der Waals surface area contributed by atoms with Crippen molar-refractivity contribution in [2.24, 2.45) is 5.73 Å². The second kappa shape index (κ2) is 8.75. The summed E-state index contributed by atoms with van der Waals surface area (Å²) < 4.78 is 50.9. The SMILES string of the molecule is CC(C)(C)NCc1cccc(C(F)(F)F)c1F.NC(=O)c1ccncc1. The van der Waals surface area contributed by atoms with Gasteiger partial charge in [-0.25, -0.2) is 4.39 Å². The van der Waals surface area contributed by atoms with Gasteiger partial charge in [-0.3, -0.25) is 9.78 Å². The largest absolute Gasteiger partial charge is 0.419 e. The van der Waals surface area contributed by atoms with Crippen LogP contribution in [0.15, 0.2) is 42.7 Å². The van der Waals surface area contributed by atoms with Gasteiger partial charge in [-0.2, -0.15) is 13.2 Å². The van der Waals surface area contributed by atoms with Crippen molar-refractivity contribution in [3.05, 3.63) is 65.2 Å². The smallest absolute Gasteiger partial charge is 0.366 e. The van der Waals surface area contributed by atoms with E-state index >= 15 is 0 Å². The normalized spacial score (nSPS) is 11.5. The Balaban J connectivity index is 0.000000314. The fourth-order valence-electron chi connectivity index (χ4n) is 1.81. The van der Waals surface area contributed by atoms with Gasteiger partial charge < -0.3 is 11.1 Å². The van der Waals surface area contributed by atoms with Gasteiger partial charge in [-0.1, -0.05) is 12.1 Å². The number of primary amides is 1. The van der Waals surface area contributed by atoms with Gasteiger partial charge in [0.15, 0.2) is 0 Å². The third-order valence-electron chi connectivity index (χ3n) is 3.16. The van der Waals surface area contributed by atoms with Crippen LogP contribution in [0.4, 0.5) is 17.6 Å². The highest BCUT2D eigenvalue weighted by Gasteiger charge is 2.34. The third kappa shape index (κ3) is 7.18. The van der Waals surface area contributed by atoms with Crippen LogP contribution in [0.5, 0.6) is 0 Å². The van der Waals surface area contributed by atoms with E-state index < -0.39 is 23.5 Å². The third-order valence-corrected chi connectivity index (χ3v) is 3.16. The van der Waals surface area contributed by atoms with E-state index in [-0.39, 0.29) is 17.6 Å². The van der Waals surface area contributed by atoms with Gasteiger partial charge in [0, 0.05) is 35.6 Å². The van der Waals surface area contributed by atoms with Gasteiger partial charge in [0.25, 0.3) is 0 Å². The first kappa shape index (κ1) is 21.6. The van der Waals surface area contributed by atoms with Crippen molar-refractivity contribution < 1.29 is 22.4 Å². The Morgan fingerprint density at radius 2 is 1.69 bits per heavy atom. The predicted molar refractivity (Wildman–Crippen MR) is 90.7 cm³/mol. The van der Waals surface area contributed by atoms with Crippen molar-refractivity contribution in [2.45, 2.75) is 39.0 Å². The van der Waals surface area contributed by atoms with Crippen LogP contribution in [-0.4, -0.2) is 16.4 Å². The van der Waals surface area contributed by atoms with E-state index in [9.17, 15) is 22.4 Å². The number of hydrogen-bond acceptors (Lipinski definition) is 3. The lowest BCUT2D eigenvalue weighted by molar-refractivity contribution is -0.140. The number of carbonyl (C=O) groups excluding carboxylic acids is 1.